The van der Waals surface area contributed by atoms with Gasteiger partial charge in [-0.15, -0.1) is 0 Å². The number of hydrogen-bond acceptors (Lipinski definition) is 6. The van der Waals surface area contributed by atoms with Crippen molar-refractivity contribution < 1.29 is 37.9 Å². The molecule has 1 saturated heterocycles. The summed E-state index contributed by atoms with van der Waals surface area (Å²) in [7, 11) is 1.30. The van der Waals surface area contributed by atoms with E-state index in [1.54, 1.807) is 0 Å². The Balaban J connectivity index is 1.10. The van der Waals surface area contributed by atoms with E-state index in [4.69, 9.17) is 30.5 Å². The third-order valence-corrected chi connectivity index (χ3v) is 12.0. The topological polar surface area (TPSA) is 77.4 Å². The molecule has 0 bridgehead atoms. The van der Waals surface area contributed by atoms with Crippen molar-refractivity contribution in [3.63, 3.8) is 0 Å². The molecule has 2 N–H and O–H groups in total. The third-order valence-electron chi connectivity index (χ3n) is 11.5. The Bertz CT molecular complexity index is 2630. The van der Waals surface area contributed by atoms with Crippen LogP contribution in [0, 0.1) is 11.6 Å². The second-order valence-electron chi connectivity index (χ2n) is 15.3. The number of aliphatic hydroxyl groups is 2. The highest BCUT2D eigenvalue weighted by Gasteiger charge is 2.33. The van der Waals surface area contributed by atoms with Gasteiger partial charge in [0.1, 0.15) is 0 Å². The number of fused-ring (bicyclic) bond motifs is 1. The Morgan fingerprint density at radius 1 is 0.607 bits per heavy atom. The van der Waals surface area contributed by atoms with E-state index >= 15 is 4.39 Å². The Morgan fingerprint density at radius 2 is 1.15 bits per heavy atom. The van der Waals surface area contributed by atoms with Crippen LogP contribution in [0.1, 0.15) is 57.9 Å². The molecule has 0 unspecified atom stereocenters. The zero-order valence-corrected chi connectivity index (χ0v) is 34.6. The van der Waals surface area contributed by atoms with E-state index < -0.39 is 17.7 Å². The predicted molar refractivity (Wildman–Crippen MR) is 235 cm³/mol. The highest BCUT2D eigenvalue weighted by Crippen LogP contribution is 2.42. The molecule has 1 fully saturated rings. The number of ether oxygens (including phenoxy) is 4. The lowest BCUT2D eigenvalue weighted by molar-refractivity contribution is -0.141. The molecular formula is C52H47ClF2O6. The van der Waals surface area contributed by atoms with Gasteiger partial charge in [0.25, 0.3) is 0 Å². The van der Waals surface area contributed by atoms with Crippen molar-refractivity contribution in [3.05, 3.63) is 195 Å². The summed E-state index contributed by atoms with van der Waals surface area (Å²) >= 11 is 7.06. The molecule has 6 nitrogen and oxygen atoms in total. The van der Waals surface area contributed by atoms with Crippen LogP contribution in [0.5, 0.6) is 5.75 Å². The van der Waals surface area contributed by atoms with Gasteiger partial charge >= 0.3 is 0 Å². The largest absolute Gasteiger partial charge is 0.494 e. The van der Waals surface area contributed by atoms with Crippen LogP contribution in [0.15, 0.2) is 140 Å². The minimum Gasteiger partial charge on any atom is -0.494 e. The maximum atomic E-state index is 15.4. The molecule has 1 heterocycles. The maximum absolute atomic E-state index is 15.4. The van der Waals surface area contributed by atoms with Gasteiger partial charge in [0.05, 0.1) is 63.5 Å². The smallest absolute Gasteiger partial charge is 0.200 e. The average molecular weight is 841 g/mol. The number of rotatable bonds is 15. The fourth-order valence-electron chi connectivity index (χ4n) is 8.48. The number of benzene rings is 7. The van der Waals surface area contributed by atoms with E-state index in [1.165, 1.54) is 19.2 Å². The van der Waals surface area contributed by atoms with E-state index in [9.17, 15) is 14.6 Å². The second kappa shape index (κ2) is 19.5. The molecule has 0 radical (unpaired) electrons. The first-order chi connectivity index (χ1) is 29.9. The van der Waals surface area contributed by atoms with Gasteiger partial charge in [-0.3, -0.25) is 0 Å². The number of halogens is 3. The summed E-state index contributed by atoms with van der Waals surface area (Å²) in [6, 6.07) is 44.4. The zero-order chi connectivity index (χ0) is 42.3. The minimum atomic E-state index is -1.04. The fourth-order valence-corrected chi connectivity index (χ4v) is 8.76. The summed E-state index contributed by atoms with van der Waals surface area (Å²) in [4.78, 5) is 0. The van der Waals surface area contributed by atoms with Crippen LogP contribution < -0.4 is 4.74 Å². The van der Waals surface area contributed by atoms with E-state index in [2.05, 4.69) is 0 Å². The van der Waals surface area contributed by atoms with Crippen molar-refractivity contribution in [1.82, 2.24) is 0 Å². The van der Waals surface area contributed by atoms with Gasteiger partial charge in [0.15, 0.2) is 11.6 Å². The molecule has 61 heavy (non-hydrogen) atoms. The molecule has 1 aliphatic rings. The number of hydrogen-bond donors (Lipinski definition) is 2. The zero-order valence-electron chi connectivity index (χ0n) is 33.8. The quantitative estimate of drug-likeness (QED) is 0.107. The summed E-state index contributed by atoms with van der Waals surface area (Å²) in [6.45, 7) is 0.774. The first-order valence-corrected chi connectivity index (χ1v) is 20.8. The SMILES string of the molecule is COc1ccc(Cc2cc([C@H]3C[C@@H](OCc4ccccc4-c4ccccc4CO)C[C@@H](COCc4ccccc4-c4ccccc4CO)O3)c3ccccc3c2Cl)c(F)c1F. The fraction of sp³-hybridized carbons (Fsp3) is 0.231. The lowest BCUT2D eigenvalue weighted by atomic mass is 9.89. The Morgan fingerprint density at radius 3 is 1.75 bits per heavy atom. The molecule has 0 amide bonds. The first-order valence-electron chi connectivity index (χ1n) is 20.5. The Labute approximate surface area is 359 Å². The molecule has 9 heteroatoms. The van der Waals surface area contributed by atoms with Crippen LogP contribution in [0.2, 0.25) is 5.02 Å². The molecule has 7 aromatic rings. The summed E-state index contributed by atoms with van der Waals surface area (Å²) < 4.78 is 55.5. The predicted octanol–water partition coefficient (Wildman–Crippen LogP) is 11.7. The molecule has 0 saturated carbocycles. The average Bonchev–Trinajstić information content (AvgIpc) is 3.31. The van der Waals surface area contributed by atoms with Gasteiger partial charge in [0, 0.05) is 24.6 Å². The van der Waals surface area contributed by atoms with Gasteiger partial charge in [0.2, 0.25) is 5.82 Å². The third kappa shape index (κ3) is 9.26. The molecular weight excluding hydrogens is 794 g/mol. The van der Waals surface area contributed by atoms with Gasteiger partial charge in [-0.1, -0.05) is 145 Å². The molecule has 312 valence electrons. The number of aliphatic hydroxyl groups excluding tert-OH is 2. The van der Waals surface area contributed by atoms with Crippen LogP contribution in [0.3, 0.4) is 0 Å². The molecule has 0 aliphatic carbocycles. The lowest BCUT2D eigenvalue weighted by Crippen LogP contribution is -2.36. The molecule has 3 atom stereocenters. The van der Waals surface area contributed by atoms with Crippen LogP contribution in [0.4, 0.5) is 8.78 Å². The highest BCUT2D eigenvalue weighted by atomic mass is 35.5. The van der Waals surface area contributed by atoms with Crippen LogP contribution in [0.25, 0.3) is 33.0 Å². The summed E-state index contributed by atoms with van der Waals surface area (Å²) in [5, 5.41) is 22.3. The normalized spacial score (nSPS) is 16.5. The van der Waals surface area contributed by atoms with E-state index in [1.807, 2.05) is 127 Å². The summed E-state index contributed by atoms with van der Waals surface area (Å²) in [5.74, 6) is -2.19. The van der Waals surface area contributed by atoms with Crippen molar-refractivity contribution >= 4 is 22.4 Å². The van der Waals surface area contributed by atoms with E-state index in [0.717, 1.165) is 60.8 Å². The van der Waals surface area contributed by atoms with Crippen molar-refractivity contribution in [2.75, 3.05) is 13.7 Å². The van der Waals surface area contributed by atoms with E-state index in [0.29, 0.717) is 36.6 Å². The van der Waals surface area contributed by atoms with Crippen molar-refractivity contribution in [1.29, 1.82) is 0 Å². The lowest BCUT2D eigenvalue weighted by Gasteiger charge is -2.36. The molecule has 8 rings (SSSR count). The molecule has 0 aromatic heterocycles. The summed E-state index contributed by atoms with van der Waals surface area (Å²) in [5.41, 5.74) is 9.20. The monoisotopic (exact) mass is 840 g/mol. The molecule has 1 aliphatic heterocycles. The maximum Gasteiger partial charge on any atom is 0.200 e. The molecule has 7 aromatic carbocycles. The molecule has 0 spiro atoms. The Kier molecular flexibility index (Phi) is 13.5. The van der Waals surface area contributed by atoms with Crippen molar-refractivity contribution in [3.8, 4) is 28.0 Å². The Hall–Kier alpha value is -5.45. The van der Waals surface area contributed by atoms with Crippen LogP contribution in [-0.2, 0) is 47.1 Å². The minimum absolute atomic E-state index is 0.0491. The van der Waals surface area contributed by atoms with Gasteiger partial charge in [-0.2, -0.15) is 4.39 Å². The van der Waals surface area contributed by atoms with Gasteiger partial charge in [-0.25, -0.2) is 4.39 Å². The summed E-state index contributed by atoms with van der Waals surface area (Å²) in [6.07, 6.45) is 0.0619. The van der Waals surface area contributed by atoms with Gasteiger partial charge < -0.3 is 29.2 Å². The van der Waals surface area contributed by atoms with Crippen molar-refractivity contribution in [2.24, 2.45) is 0 Å². The standard InChI is InChI=1S/C52H47ClF2O6/c1-58-48-23-22-33(51(54)52(48)55)24-38-25-47(45-20-10-11-21-46(45)50(38)53)49-27-39(60-31-37-15-5-9-19-44(37)42-17-7-3-13-35(42)29-57)26-40(61-49)32-59-30-36-14-4-8-18-43(36)41-16-6-2-12-34(41)28-56/h2-23,25,39-40,49,56-57H,24,26-32H2,1H3/t39-,40-,49+/m0/s1. The highest BCUT2D eigenvalue weighted by molar-refractivity contribution is 6.36. The number of methoxy groups -OCH3 is 1. The first kappa shape index (κ1) is 42.2. The van der Waals surface area contributed by atoms with Gasteiger partial charge in [-0.05, 0) is 72.7 Å². The van der Waals surface area contributed by atoms with E-state index in [-0.39, 0.29) is 49.8 Å². The second-order valence-corrected chi connectivity index (χ2v) is 15.7. The van der Waals surface area contributed by atoms with Crippen LogP contribution in [-0.4, -0.2) is 36.1 Å². The van der Waals surface area contributed by atoms with Crippen LogP contribution >= 0.6 is 11.6 Å². The van der Waals surface area contributed by atoms with Crippen molar-refractivity contribution in [2.45, 2.75) is 64.0 Å².